The van der Waals surface area contributed by atoms with Gasteiger partial charge in [-0.1, -0.05) is 78.3 Å². The van der Waals surface area contributed by atoms with Crippen molar-refractivity contribution in [3.8, 4) is 0 Å². The van der Waals surface area contributed by atoms with E-state index in [1.54, 1.807) is 54.6 Å². The lowest BCUT2D eigenvalue weighted by Crippen LogP contribution is -2.30. The molecule has 0 aliphatic carbocycles. The first-order valence-electron chi connectivity index (χ1n) is 15.4. The number of hydrogen-bond donors (Lipinski definition) is 4. The van der Waals surface area contributed by atoms with E-state index in [4.69, 9.17) is 11.6 Å². The van der Waals surface area contributed by atoms with Gasteiger partial charge in [0.2, 0.25) is 5.91 Å². The molecule has 0 heterocycles. The molecular formula is C39H33ClN4O5S. The van der Waals surface area contributed by atoms with E-state index in [1.165, 1.54) is 30.0 Å². The predicted octanol–water partition coefficient (Wildman–Crippen LogP) is 7.99. The molecule has 3 amide bonds. The zero-order valence-electron chi connectivity index (χ0n) is 27.1. The SMILES string of the molecule is CN(C)c1ccc(/C=C(/NC(=O)c2ccccc2)C(=O)Nc2cccc(SC(C(=O)Nc3cc(C(=O)O)ccc3Cl)c3ccccc3)c2)cc1. The van der Waals surface area contributed by atoms with Gasteiger partial charge in [-0.2, -0.15) is 0 Å². The van der Waals surface area contributed by atoms with Crippen molar-refractivity contribution in [1.82, 2.24) is 5.32 Å². The molecule has 5 aromatic carbocycles. The second-order valence-electron chi connectivity index (χ2n) is 11.2. The first-order chi connectivity index (χ1) is 24.1. The number of amides is 3. The molecule has 1 atom stereocenters. The molecule has 5 aromatic rings. The molecule has 1 unspecified atom stereocenters. The van der Waals surface area contributed by atoms with Crippen molar-refractivity contribution < 1.29 is 24.3 Å². The molecule has 0 bridgehead atoms. The van der Waals surface area contributed by atoms with Gasteiger partial charge in [0.15, 0.2) is 0 Å². The van der Waals surface area contributed by atoms with Crippen LogP contribution in [0.3, 0.4) is 0 Å². The quantitative estimate of drug-likeness (QED) is 0.0766. The van der Waals surface area contributed by atoms with Crippen LogP contribution in [0.15, 0.2) is 138 Å². The van der Waals surface area contributed by atoms with Crippen LogP contribution in [-0.2, 0) is 9.59 Å². The maximum absolute atomic E-state index is 13.7. The Balaban J connectivity index is 1.39. The monoisotopic (exact) mass is 704 g/mol. The van der Waals surface area contributed by atoms with Gasteiger partial charge in [0.05, 0.1) is 16.3 Å². The summed E-state index contributed by atoms with van der Waals surface area (Å²) >= 11 is 7.54. The molecule has 0 aliphatic rings. The van der Waals surface area contributed by atoms with E-state index in [-0.39, 0.29) is 22.0 Å². The fourth-order valence-corrected chi connectivity index (χ4v) is 6.06. The summed E-state index contributed by atoms with van der Waals surface area (Å²) in [4.78, 5) is 54.7. The van der Waals surface area contributed by atoms with Crippen molar-refractivity contribution >= 4 is 70.2 Å². The number of hydrogen-bond acceptors (Lipinski definition) is 6. The number of thioether (sulfide) groups is 1. The van der Waals surface area contributed by atoms with E-state index in [1.807, 2.05) is 79.7 Å². The maximum Gasteiger partial charge on any atom is 0.335 e. The largest absolute Gasteiger partial charge is 0.478 e. The van der Waals surface area contributed by atoms with E-state index in [0.29, 0.717) is 27.3 Å². The molecule has 11 heteroatoms. The molecular weight excluding hydrogens is 672 g/mol. The lowest BCUT2D eigenvalue weighted by molar-refractivity contribution is -0.116. The Labute approximate surface area is 299 Å². The molecule has 0 spiro atoms. The topological polar surface area (TPSA) is 128 Å². The van der Waals surface area contributed by atoms with E-state index in [2.05, 4.69) is 16.0 Å². The summed E-state index contributed by atoms with van der Waals surface area (Å²) in [5.41, 5.74) is 3.42. The number of benzene rings is 5. The number of aromatic carboxylic acids is 1. The number of nitrogens with zero attached hydrogens (tertiary/aromatic N) is 1. The summed E-state index contributed by atoms with van der Waals surface area (Å²) in [6, 6.07) is 36.3. The van der Waals surface area contributed by atoms with Crippen molar-refractivity contribution in [1.29, 1.82) is 0 Å². The standard InChI is InChI=1S/C39H33ClN4O5S/c1-44(2)30-19-16-25(17-20-30)22-34(43-36(45)27-12-7-4-8-13-27)37(46)41-29-14-9-15-31(24-29)50-35(26-10-5-3-6-11-26)38(47)42-33-23-28(39(48)49)18-21-32(33)40/h3-24,35H,1-2H3,(H,41,46)(H,42,47)(H,43,45)(H,48,49)/b34-22+. The van der Waals surface area contributed by atoms with Crippen LogP contribution in [0.1, 0.15) is 37.1 Å². The molecule has 252 valence electrons. The highest BCUT2D eigenvalue weighted by Crippen LogP contribution is 2.38. The molecule has 0 fully saturated rings. The van der Waals surface area contributed by atoms with Crippen LogP contribution < -0.4 is 20.9 Å². The Hall–Kier alpha value is -5.84. The minimum Gasteiger partial charge on any atom is -0.478 e. The third kappa shape index (κ3) is 9.40. The number of halogens is 1. The summed E-state index contributed by atoms with van der Waals surface area (Å²) in [6.07, 6.45) is 1.61. The van der Waals surface area contributed by atoms with Crippen LogP contribution in [0.5, 0.6) is 0 Å². The zero-order chi connectivity index (χ0) is 35.6. The average Bonchev–Trinajstić information content (AvgIpc) is 3.12. The summed E-state index contributed by atoms with van der Waals surface area (Å²) < 4.78 is 0. The molecule has 9 nitrogen and oxygen atoms in total. The van der Waals surface area contributed by atoms with Gasteiger partial charge in [-0.25, -0.2) is 4.79 Å². The number of carbonyl (C=O) groups excluding carboxylic acids is 3. The number of rotatable bonds is 12. The highest BCUT2D eigenvalue weighted by Gasteiger charge is 2.24. The minimum atomic E-state index is -1.15. The second kappa shape index (κ2) is 16.5. The van der Waals surface area contributed by atoms with Gasteiger partial charge in [0.25, 0.3) is 11.8 Å². The third-order valence-electron chi connectivity index (χ3n) is 7.41. The number of carboxylic acid groups (broad SMARTS) is 1. The summed E-state index contributed by atoms with van der Waals surface area (Å²) in [6.45, 7) is 0. The Morgan fingerprint density at radius 2 is 1.44 bits per heavy atom. The van der Waals surface area contributed by atoms with Gasteiger partial charge < -0.3 is 26.0 Å². The van der Waals surface area contributed by atoms with Crippen LogP contribution >= 0.6 is 23.4 Å². The molecule has 5 rings (SSSR count). The average molecular weight is 705 g/mol. The van der Waals surface area contributed by atoms with Crippen molar-refractivity contribution in [3.63, 3.8) is 0 Å². The minimum absolute atomic E-state index is 0.0176. The number of nitrogens with one attached hydrogen (secondary N) is 3. The number of carbonyl (C=O) groups is 4. The van der Waals surface area contributed by atoms with Crippen molar-refractivity contribution in [2.24, 2.45) is 0 Å². The van der Waals surface area contributed by atoms with Crippen molar-refractivity contribution in [2.75, 3.05) is 29.6 Å². The Morgan fingerprint density at radius 1 is 0.760 bits per heavy atom. The Morgan fingerprint density at radius 3 is 2.10 bits per heavy atom. The van der Waals surface area contributed by atoms with Crippen LogP contribution in [0, 0.1) is 0 Å². The Kier molecular flexibility index (Phi) is 11.7. The highest BCUT2D eigenvalue weighted by atomic mass is 35.5. The third-order valence-corrected chi connectivity index (χ3v) is 8.98. The first kappa shape index (κ1) is 35.5. The number of carboxylic acids is 1. The molecule has 0 saturated carbocycles. The van der Waals surface area contributed by atoms with Crippen LogP contribution in [-0.4, -0.2) is 42.9 Å². The van der Waals surface area contributed by atoms with Gasteiger partial charge >= 0.3 is 5.97 Å². The molecule has 0 aromatic heterocycles. The highest BCUT2D eigenvalue weighted by molar-refractivity contribution is 8.00. The Bertz CT molecular complexity index is 2040. The van der Waals surface area contributed by atoms with E-state index in [0.717, 1.165) is 5.69 Å². The molecule has 50 heavy (non-hydrogen) atoms. The molecule has 0 radical (unpaired) electrons. The number of anilines is 3. The molecule has 0 aliphatic heterocycles. The van der Waals surface area contributed by atoms with Crippen LogP contribution in [0.25, 0.3) is 6.08 Å². The van der Waals surface area contributed by atoms with Crippen LogP contribution in [0.4, 0.5) is 17.1 Å². The molecule has 4 N–H and O–H groups in total. The van der Waals surface area contributed by atoms with Crippen molar-refractivity contribution in [3.05, 3.63) is 160 Å². The lowest BCUT2D eigenvalue weighted by atomic mass is 10.1. The van der Waals surface area contributed by atoms with Gasteiger partial charge in [0.1, 0.15) is 10.9 Å². The second-order valence-corrected chi connectivity index (χ2v) is 12.8. The summed E-state index contributed by atoms with van der Waals surface area (Å²) in [7, 11) is 3.86. The fraction of sp³-hybridized carbons (Fsp3) is 0.0769. The van der Waals surface area contributed by atoms with Crippen LogP contribution in [0.2, 0.25) is 5.02 Å². The van der Waals surface area contributed by atoms with Gasteiger partial charge in [-0.3, -0.25) is 14.4 Å². The van der Waals surface area contributed by atoms with E-state index >= 15 is 0 Å². The lowest BCUT2D eigenvalue weighted by Gasteiger charge is -2.18. The predicted molar refractivity (Wildman–Crippen MR) is 200 cm³/mol. The van der Waals surface area contributed by atoms with E-state index in [9.17, 15) is 24.3 Å². The zero-order valence-corrected chi connectivity index (χ0v) is 28.7. The maximum atomic E-state index is 13.7. The van der Waals surface area contributed by atoms with Gasteiger partial charge in [-0.05, 0) is 77.9 Å². The van der Waals surface area contributed by atoms with Gasteiger partial charge in [0, 0.05) is 35.9 Å². The summed E-state index contributed by atoms with van der Waals surface area (Å²) in [5.74, 6) is -2.55. The van der Waals surface area contributed by atoms with Gasteiger partial charge in [-0.15, -0.1) is 11.8 Å². The van der Waals surface area contributed by atoms with E-state index < -0.39 is 28.9 Å². The fourth-order valence-electron chi connectivity index (χ4n) is 4.81. The smallest absolute Gasteiger partial charge is 0.335 e. The van der Waals surface area contributed by atoms with Crippen molar-refractivity contribution in [2.45, 2.75) is 10.1 Å². The molecule has 0 saturated heterocycles. The summed E-state index contributed by atoms with van der Waals surface area (Å²) in [5, 5.41) is 17.3. The first-order valence-corrected chi connectivity index (χ1v) is 16.7. The normalized spacial score (nSPS) is 11.6.